The molecule has 1 heterocycles. The van der Waals surface area contributed by atoms with Crippen molar-refractivity contribution < 1.29 is 14.3 Å². The van der Waals surface area contributed by atoms with Crippen LogP contribution < -0.4 is 14.8 Å². The monoisotopic (exact) mass is 317 g/mol. The van der Waals surface area contributed by atoms with E-state index in [-0.39, 0.29) is 18.6 Å². The first-order valence-corrected chi connectivity index (χ1v) is 8.24. The van der Waals surface area contributed by atoms with Gasteiger partial charge in [-0.2, -0.15) is 0 Å². The van der Waals surface area contributed by atoms with Gasteiger partial charge in [-0.05, 0) is 54.5 Å². The molecule has 0 bridgehead atoms. The Morgan fingerprint density at radius 1 is 1.27 bits per heavy atom. The average molecular weight is 317 g/mol. The zero-order valence-electron chi connectivity index (χ0n) is 12.5. The predicted molar refractivity (Wildman–Crippen MR) is 86.4 cm³/mol. The van der Waals surface area contributed by atoms with E-state index in [1.807, 2.05) is 23.6 Å². The molecule has 1 fully saturated rings. The maximum atomic E-state index is 12.1. The Kier molecular flexibility index (Phi) is 4.63. The summed E-state index contributed by atoms with van der Waals surface area (Å²) in [4.78, 5) is 13.3. The fourth-order valence-corrected chi connectivity index (χ4v) is 3.22. The normalized spacial score (nSPS) is 15.1. The SMILES string of the molecule is COc1ccc(OCC(=O)N[C@H](c2cccs2)C2CC2)cc1. The third-order valence-corrected chi connectivity index (χ3v) is 4.64. The zero-order valence-corrected chi connectivity index (χ0v) is 13.3. The smallest absolute Gasteiger partial charge is 0.258 e. The summed E-state index contributed by atoms with van der Waals surface area (Å²) in [5, 5.41) is 5.14. The van der Waals surface area contributed by atoms with Gasteiger partial charge < -0.3 is 14.8 Å². The van der Waals surface area contributed by atoms with E-state index in [4.69, 9.17) is 9.47 Å². The molecule has 0 saturated heterocycles. The van der Waals surface area contributed by atoms with Crippen molar-refractivity contribution in [1.82, 2.24) is 5.32 Å². The summed E-state index contributed by atoms with van der Waals surface area (Å²) in [6.07, 6.45) is 2.37. The third-order valence-electron chi connectivity index (χ3n) is 3.69. The van der Waals surface area contributed by atoms with Gasteiger partial charge in [-0.25, -0.2) is 0 Å². The molecule has 0 unspecified atom stereocenters. The van der Waals surface area contributed by atoms with Gasteiger partial charge in [-0.1, -0.05) is 6.07 Å². The number of hydrogen-bond donors (Lipinski definition) is 1. The van der Waals surface area contributed by atoms with Gasteiger partial charge in [0.15, 0.2) is 6.61 Å². The van der Waals surface area contributed by atoms with E-state index in [2.05, 4.69) is 11.4 Å². The number of ether oxygens (including phenoxy) is 2. The minimum absolute atomic E-state index is 0.0287. The highest BCUT2D eigenvalue weighted by atomic mass is 32.1. The molecule has 1 N–H and O–H groups in total. The third kappa shape index (κ3) is 3.80. The second kappa shape index (κ2) is 6.83. The van der Waals surface area contributed by atoms with Crippen LogP contribution in [0.5, 0.6) is 11.5 Å². The molecule has 0 aliphatic heterocycles. The van der Waals surface area contributed by atoms with Gasteiger partial charge in [0.25, 0.3) is 5.91 Å². The maximum absolute atomic E-state index is 12.1. The van der Waals surface area contributed by atoms with Gasteiger partial charge in [-0.15, -0.1) is 11.3 Å². The second-order valence-corrected chi connectivity index (χ2v) is 6.34. The first kappa shape index (κ1) is 14.9. The summed E-state index contributed by atoms with van der Waals surface area (Å²) >= 11 is 1.69. The molecule has 1 aliphatic carbocycles. The van der Waals surface area contributed by atoms with Crippen molar-refractivity contribution in [1.29, 1.82) is 0 Å². The molecular formula is C17H19NO3S. The highest BCUT2D eigenvalue weighted by Gasteiger charge is 2.33. The Balaban J connectivity index is 1.52. The van der Waals surface area contributed by atoms with Gasteiger partial charge >= 0.3 is 0 Å². The number of carbonyl (C=O) groups is 1. The molecule has 1 aliphatic rings. The molecule has 4 nitrogen and oxygen atoms in total. The van der Waals surface area contributed by atoms with Crippen LogP contribution in [0.3, 0.4) is 0 Å². The Morgan fingerprint density at radius 3 is 2.59 bits per heavy atom. The zero-order chi connectivity index (χ0) is 15.4. The quantitative estimate of drug-likeness (QED) is 0.851. The van der Waals surface area contributed by atoms with Gasteiger partial charge in [0.2, 0.25) is 0 Å². The Hall–Kier alpha value is -2.01. The van der Waals surface area contributed by atoms with E-state index >= 15 is 0 Å². The van der Waals surface area contributed by atoms with E-state index in [0.717, 1.165) is 5.75 Å². The Morgan fingerprint density at radius 2 is 2.00 bits per heavy atom. The Labute approximate surface area is 134 Å². The standard InChI is InChI=1S/C17H19NO3S/c1-20-13-6-8-14(9-7-13)21-11-16(19)18-17(12-4-5-12)15-3-2-10-22-15/h2-3,6-10,12,17H,4-5,11H2,1H3,(H,18,19)/t17-/m0/s1. The molecule has 3 rings (SSSR count). The van der Waals surface area contributed by atoms with Crippen molar-refractivity contribution in [3.8, 4) is 11.5 Å². The van der Waals surface area contributed by atoms with Gasteiger partial charge in [0, 0.05) is 4.88 Å². The van der Waals surface area contributed by atoms with Crippen LogP contribution in [0.1, 0.15) is 23.8 Å². The molecule has 0 radical (unpaired) electrons. The van der Waals surface area contributed by atoms with Gasteiger partial charge in [0.1, 0.15) is 11.5 Å². The number of carbonyl (C=O) groups excluding carboxylic acids is 1. The fourth-order valence-electron chi connectivity index (χ4n) is 2.36. The predicted octanol–water partition coefficient (Wildman–Crippen LogP) is 3.40. The van der Waals surface area contributed by atoms with Crippen molar-refractivity contribution in [2.24, 2.45) is 5.92 Å². The van der Waals surface area contributed by atoms with E-state index in [9.17, 15) is 4.79 Å². The molecule has 0 spiro atoms. The number of hydrogen-bond acceptors (Lipinski definition) is 4. The number of thiophene rings is 1. The van der Waals surface area contributed by atoms with Crippen molar-refractivity contribution >= 4 is 17.2 Å². The molecule has 1 atom stereocenters. The molecule has 2 aromatic rings. The lowest BCUT2D eigenvalue weighted by Crippen LogP contribution is -2.33. The van der Waals surface area contributed by atoms with E-state index in [0.29, 0.717) is 11.7 Å². The molecule has 1 aromatic carbocycles. The molecule has 1 amide bonds. The van der Waals surface area contributed by atoms with Gasteiger partial charge in [0.05, 0.1) is 13.2 Å². The van der Waals surface area contributed by atoms with E-state index < -0.39 is 0 Å². The summed E-state index contributed by atoms with van der Waals surface area (Å²) in [7, 11) is 1.62. The highest BCUT2D eigenvalue weighted by molar-refractivity contribution is 7.10. The maximum Gasteiger partial charge on any atom is 0.258 e. The lowest BCUT2D eigenvalue weighted by atomic mass is 10.1. The summed E-state index contributed by atoms with van der Waals surface area (Å²) in [5.41, 5.74) is 0. The van der Waals surface area contributed by atoms with Crippen molar-refractivity contribution in [3.05, 3.63) is 46.7 Å². The van der Waals surface area contributed by atoms with Crippen LogP contribution in [0.2, 0.25) is 0 Å². The minimum atomic E-state index is -0.0823. The lowest BCUT2D eigenvalue weighted by molar-refractivity contribution is -0.124. The molecule has 5 heteroatoms. The molecular weight excluding hydrogens is 298 g/mol. The van der Waals surface area contributed by atoms with Crippen LogP contribution in [0.25, 0.3) is 0 Å². The van der Waals surface area contributed by atoms with Crippen LogP contribution in [-0.4, -0.2) is 19.6 Å². The lowest BCUT2D eigenvalue weighted by Gasteiger charge is -2.17. The number of methoxy groups -OCH3 is 1. The number of rotatable bonds is 7. The molecule has 1 saturated carbocycles. The molecule has 116 valence electrons. The average Bonchev–Trinajstić information content (AvgIpc) is 3.25. The fraction of sp³-hybridized carbons (Fsp3) is 0.353. The summed E-state index contributed by atoms with van der Waals surface area (Å²) in [6.45, 7) is 0.0287. The Bertz CT molecular complexity index is 605. The molecule has 22 heavy (non-hydrogen) atoms. The summed E-state index contributed by atoms with van der Waals surface area (Å²) in [6, 6.07) is 11.4. The van der Waals surface area contributed by atoms with Crippen molar-refractivity contribution in [2.45, 2.75) is 18.9 Å². The van der Waals surface area contributed by atoms with Gasteiger partial charge in [-0.3, -0.25) is 4.79 Å². The summed E-state index contributed by atoms with van der Waals surface area (Å²) in [5.74, 6) is 1.92. The number of benzene rings is 1. The van der Waals surface area contributed by atoms with Crippen LogP contribution >= 0.6 is 11.3 Å². The first-order chi connectivity index (χ1) is 10.8. The van der Waals surface area contributed by atoms with Crippen LogP contribution in [-0.2, 0) is 4.79 Å². The topological polar surface area (TPSA) is 47.6 Å². The minimum Gasteiger partial charge on any atom is -0.497 e. The number of nitrogens with one attached hydrogen (secondary N) is 1. The van der Waals surface area contributed by atoms with Crippen LogP contribution in [0.4, 0.5) is 0 Å². The summed E-state index contributed by atoms with van der Waals surface area (Å²) < 4.78 is 10.6. The van der Waals surface area contributed by atoms with Crippen molar-refractivity contribution in [2.75, 3.05) is 13.7 Å². The second-order valence-electron chi connectivity index (χ2n) is 5.36. The van der Waals surface area contributed by atoms with Crippen molar-refractivity contribution in [3.63, 3.8) is 0 Å². The van der Waals surface area contributed by atoms with Crippen LogP contribution in [0.15, 0.2) is 41.8 Å². The van der Waals surface area contributed by atoms with E-state index in [1.165, 1.54) is 17.7 Å². The molecule has 1 aromatic heterocycles. The van der Waals surface area contributed by atoms with Crippen LogP contribution in [0, 0.1) is 5.92 Å². The largest absolute Gasteiger partial charge is 0.497 e. The highest BCUT2D eigenvalue weighted by Crippen LogP contribution is 2.42. The first-order valence-electron chi connectivity index (χ1n) is 7.36. The van der Waals surface area contributed by atoms with E-state index in [1.54, 1.807) is 30.6 Å². The number of amides is 1.